The van der Waals surface area contributed by atoms with E-state index in [9.17, 15) is 0 Å². The van der Waals surface area contributed by atoms with Crippen LogP contribution in [0.1, 0.15) is 45.6 Å². The summed E-state index contributed by atoms with van der Waals surface area (Å²) in [7, 11) is 0. The Morgan fingerprint density at radius 2 is 1.57 bits per heavy atom. The topological polar surface area (TPSA) is 0 Å². The molecule has 1 aromatic carbocycles. The maximum absolute atomic E-state index is 2.37. The molecule has 0 amide bonds. The van der Waals surface area contributed by atoms with E-state index in [0.717, 1.165) is 0 Å². The normalized spacial score (nSPS) is 20.2. The van der Waals surface area contributed by atoms with Gasteiger partial charge in [0, 0.05) is 5.41 Å². The van der Waals surface area contributed by atoms with E-state index in [4.69, 9.17) is 0 Å². The van der Waals surface area contributed by atoms with Gasteiger partial charge in [-0.2, -0.15) is 0 Å². The molecule has 0 aromatic heterocycles. The number of rotatable bonds is 1. The molecule has 1 aromatic rings. The molecule has 0 heteroatoms. The van der Waals surface area contributed by atoms with Gasteiger partial charge in [0.05, 0.1) is 0 Å². The Morgan fingerprint density at radius 1 is 1.00 bits per heavy atom. The van der Waals surface area contributed by atoms with Crippen molar-refractivity contribution in [3.8, 4) is 0 Å². The summed E-state index contributed by atoms with van der Waals surface area (Å²) in [4.78, 5) is 0. The van der Waals surface area contributed by atoms with Crippen LogP contribution in [-0.2, 0) is 5.41 Å². The fourth-order valence-corrected chi connectivity index (χ4v) is 2.76. The highest BCUT2D eigenvalue weighted by Gasteiger charge is 2.47. The lowest BCUT2D eigenvalue weighted by Gasteiger charge is -2.52. The Labute approximate surface area is 87.3 Å². The van der Waals surface area contributed by atoms with Crippen LogP contribution >= 0.6 is 0 Å². The van der Waals surface area contributed by atoms with E-state index >= 15 is 0 Å². The second-order valence-corrected chi connectivity index (χ2v) is 5.55. The third-order valence-corrected chi connectivity index (χ3v) is 3.97. The maximum atomic E-state index is 2.37. The van der Waals surface area contributed by atoms with Gasteiger partial charge in [-0.3, -0.25) is 0 Å². The summed E-state index contributed by atoms with van der Waals surface area (Å²) in [6, 6.07) is 11.0. The Balaban J connectivity index is 2.39. The van der Waals surface area contributed by atoms with Gasteiger partial charge in [-0.05, 0) is 23.8 Å². The summed E-state index contributed by atoms with van der Waals surface area (Å²) in [5.74, 6) is 0. The molecule has 0 atom stereocenters. The minimum absolute atomic E-state index is 0.395. The molecule has 0 aliphatic heterocycles. The standard InChI is InChI=1S/C14H20/c1-13(2,3)14(10-7-11-14)12-8-5-4-6-9-12/h4-6,8-9H,7,10-11H2,1-3H3. The molecule has 76 valence electrons. The third-order valence-electron chi connectivity index (χ3n) is 3.97. The first-order chi connectivity index (χ1) is 6.56. The van der Waals surface area contributed by atoms with Crippen molar-refractivity contribution in [2.75, 3.05) is 0 Å². The first-order valence-corrected chi connectivity index (χ1v) is 5.62. The average Bonchev–Trinajstić information content (AvgIpc) is 2.01. The van der Waals surface area contributed by atoms with E-state index in [1.165, 1.54) is 19.3 Å². The fraction of sp³-hybridized carbons (Fsp3) is 0.571. The van der Waals surface area contributed by atoms with Crippen LogP contribution in [0.15, 0.2) is 30.3 Å². The number of hydrogen-bond donors (Lipinski definition) is 0. The summed E-state index contributed by atoms with van der Waals surface area (Å²) in [5.41, 5.74) is 2.39. The van der Waals surface area contributed by atoms with E-state index in [0.29, 0.717) is 10.8 Å². The van der Waals surface area contributed by atoms with Gasteiger partial charge >= 0.3 is 0 Å². The smallest absolute Gasteiger partial charge is 0.000149 e. The number of benzene rings is 1. The van der Waals surface area contributed by atoms with E-state index in [-0.39, 0.29) is 0 Å². The molecule has 0 radical (unpaired) electrons. The first kappa shape index (κ1) is 9.76. The van der Waals surface area contributed by atoms with Crippen LogP contribution < -0.4 is 0 Å². The Hall–Kier alpha value is -0.780. The maximum Gasteiger partial charge on any atom is 0.000149 e. The highest BCUT2D eigenvalue weighted by atomic mass is 14.5. The monoisotopic (exact) mass is 188 g/mol. The Morgan fingerprint density at radius 3 is 1.93 bits per heavy atom. The second-order valence-electron chi connectivity index (χ2n) is 5.55. The van der Waals surface area contributed by atoms with Crippen LogP contribution in [0, 0.1) is 5.41 Å². The average molecular weight is 188 g/mol. The zero-order valence-electron chi connectivity index (χ0n) is 9.51. The Kier molecular flexibility index (Phi) is 2.17. The van der Waals surface area contributed by atoms with Gasteiger partial charge in [0.25, 0.3) is 0 Å². The molecule has 0 bridgehead atoms. The minimum atomic E-state index is 0.395. The lowest BCUT2D eigenvalue weighted by atomic mass is 9.52. The fourth-order valence-electron chi connectivity index (χ4n) is 2.76. The molecule has 0 saturated heterocycles. The van der Waals surface area contributed by atoms with Crippen LogP contribution in [0.5, 0.6) is 0 Å². The first-order valence-electron chi connectivity index (χ1n) is 5.62. The van der Waals surface area contributed by atoms with E-state index < -0.39 is 0 Å². The lowest BCUT2D eigenvalue weighted by molar-refractivity contribution is 0.0852. The van der Waals surface area contributed by atoms with Crippen molar-refractivity contribution in [1.82, 2.24) is 0 Å². The van der Waals surface area contributed by atoms with Crippen molar-refractivity contribution in [2.45, 2.75) is 45.4 Å². The molecule has 0 spiro atoms. The molecule has 1 aliphatic carbocycles. The van der Waals surface area contributed by atoms with Gasteiger partial charge in [0.2, 0.25) is 0 Å². The van der Waals surface area contributed by atoms with Gasteiger partial charge in [-0.1, -0.05) is 57.5 Å². The quantitative estimate of drug-likeness (QED) is 0.621. The SMILES string of the molecule is CC(C)(C)C1(c2ccccc2)CCC1. The van der Waals surface area contributed by atoms with Crippen molar-refractivity contribution in [3.05, 3.63) is 35.9 Å². The summed E-state index contributed by atoms with van der Waals surface area (Å²) in [6.07, 6.45) is 4.12. The predicted octanol–water partition coefficient (Wildman–Crippen LogP) is 4.15. The molecule has 14 heavy (non-hydrogen) atoms. The van der Waals surface area contributed by atoms with Crippen LogP contribution in [0.4, 0.5) is 0 Å². The molecule has 1 fully saturated rings. The second kappa shape index (κ2) is 3.12. The summed E-state index contributed by atoms with van der Waals surface area (Å²) in [6.45, 7) is 7.12. The van der Waals surface area contributed by atoms with Crippen LogP contribution in [-0.4, -0.2) is 0 Å². The van der Waals surface area contributed by atoms with Crippen molar-refractivity contribution in [2.24, 2.45) is 5.41 Å². The van der Waals surface area contributed by atoms with Gasteiger partial charge in [0.1, 0.15) is 0 Å². The molecular formula is C14H20. The molecule has 2 rings (SSSR count). The van der Waals surface area contributed by atoms with Gasteiger partial charge in [0.15, 0.2) is 0 Å². The molecule has 0 heterocycles. The summed E-state index contributed by atoms with van der Waals surface area (Å²) >= 11 is 0. The van der Waals surface area contributed by atoms with Crippen molar-refractivity contribution in [1.29, 1.82) is 0 Å². The molecular weight excluding hydrogens is 168 g/mol. The van der Waals surface area contributed by atoms with Crippen molar-refractivity contribution >= 4 is 0 Å². The zero-order valence-corrected chi connectivity index (χ0v) is 9.51. The van der Waals surface area contributed by atoms with Gasteiger partial charge < -0.3 is 0 Å². The lowest BCUT2D eigenvalue weighted by Crippen LogP contribution is -2.45. The highest BCUT2D eigenvalue weighted by Crippen LogP contribution is 2.54. The van der Waals surface area contributed by atoms with Crippen molar-refractivity contribution in [3.63, 3.8) is 0 Å². The molecule has 0 nitrogen and oxygen atoms in total. The zero-order chi connectivity index (χ0) is 10.2. The molecule has 1 saturated carbocycles. The van der Waals surface area contributed by atoms with Crippen LogP contribution in [0.2, 0.25) is 0 Å². The van der Waals surface area contributed by atoms with Crippen LogP contribution in [0.25, 0.3) is 0 Å². The molecule has 1 aliphatic rings. The van der Waals surface area contributed by atoms with E-state index in [2.05, 4.69) is 51.1 Å². The van der Waals surface area contributed by atoms with Crippen molar-refractivity contribution < 1.29 is 0 Å². The van der Waals surface area contributed by atoms with Gasteiger partial charge in [-0.15, -0.1) is 0 Å². The number of hydrogen-bond acceptors (Lipinski definition) is 0. The van der Waals surface area contributed by atoms with Gasteiger partial charge in [-0.25, -0.2) is 0 Å². The summed E-state index contributed by atoms with van der Waals surface area (Å²) < 4.78 is 0. The third kappa shape index (κ3) is 1.28. The Bertz CT molecular complexity index is 299. The highest BCUT2D eigenvalue weighted by molar-refractivity contribution is 5.30. The van der Waals surface area contributed by atoms with E-state index in [1.54, 1.807) is 5.56 Å². The minimum Gasteiger partial charge on any atom is -0.0622 e. The van der Waals surface area contributed by atoms with E-state index in [1.807, 2.05) is 0 Å². The van der Waals surface area contributed by atoms with Crippen LogP contribution in [0.3, 0.4) is 0 Å². The predicted molar refractivity (Wildman–Crippen MR) is 61.4 cm³/mol. The molecule has 0 N–H and O–H groups in total. The molecule has 0 unspecified atom stereocenters. The largest absolute Gasteiger partial charge is 0.0622 e. The summed E-state index contributed by atoms with van der Waals surface area (Å²) in [5, 5.41) is 0.